The number of aryl methyl sites for hydroxylation is 1. The molecule has 0 saturated carbocycles. The number of para-hydroxylation sites is 1. The Morgan fingerprint density at radius 3 is 2.23 bits per heavy atom. The molecule has 0 saturated heterocycles. The fourth-order valence-corrected chi connectivity index (χ4v) is 3.11. The summed E-state index contributed by atoms with van der Waals surface area (Å²) in [7, 11) is 0. The Morgan fingerprint density at radius 2 is 1.58 bits per heavy atom. The first-order chi connectivity index (χ1) is 12.8. The van der Waals surface area contributed by atoms with Crippen LogP contribution in [-0.2, 0) is 0 Å². The zero-order chi connectivity index (χ0) is 17.9. The molecule has 0 atom stereocenters. The molecule has 2 aromatic carbocycles. The molecule has 0 amide bonds. The third-order valence-corrected chi connectivity index (χ3v) is 4.31. The highest BCUT2D eigenvalue weighted by Crippen LogP contribution is 2.30. The Morgan fingerprint density at radius 1 is 0.885 bits per heavy atom. The molecule has 0 aliphatic heterocycles. The van der Waals surface area contributed by atoms with Crippen molar-refractivity contribution in [3.63, 3.8) is 0 Å². The van der Waals surface area contributed by atoms with Gasteiger partial charge in [-0.1, -0.05) is 48.5 Å². The van der Waals surface area contributed by atoms with Crippen LogP contribution in [-0.4, -0.2) is 20.5 Å². The van der Waals surface area contributed by atoms with Crippen LogP contribution in [0.5, 0.6) is 0 Å². The highest BCUT2D eigenvalue weighted by atomic mass is 15.3. The molecule has 0 radical (unpaired) electrons. The molecule has 0 aliphatic rings. The first-order valence-corrected chi connectivity index (χ1v) is 8.45. The lowest BCUT2D eigenvalue weighted by Gasteiger charge is -2.11. The maximum absolute atomic E-state index is 8.86. The Balaban J connectivity index is 1.98. The van der Waals surface area contributed by atoms with E-state index in [1.807, 2.05) is 72.3 Å². The predicted molar refractivity (Wildman–Crippen MR) is 104 cm³/mol. The van der Waals surface area contributed by atoms with Crippen molar-refractivity contribution in [3.8, 4) is 16.8 Å². The molecule has 0 fully saturated rings. The van der Waals surface area contributed by atoms with E-state index in [2.05, 4.69) is 17.1 Å². The first kappa shape index (κ1) is 16.0. The monoisotopic (exact) mass is 338 g/mol. The smallest absolute Gasteiger partial charge is 0.101 e. The molecular weight excluding hydrogens is 320 g/mol. The van der Waals surface area contributed by atoms with E-state index in [1.54, 1.807) is 12.4 Å². The molecule has 0 aliphatic carbocycles. The fraction of sp³-hybridized carbons (Fsp3) is 0.0455. The third kappa shape index (κ3) is 2.82. The van der Waals surface area contributed by atoms with Crippen LogP contribution in [0.1, 0.15) is 17.0 Å². The minimum Gasteiger partial charge on any atom is -0.298 e. The minimum atomic E-state index is 0.404. The van der Waals surface area contributed by atoms with Gasteiger partial charge in [-0.25, -0.2) is 4.68 Å². The van der Waals surface area contributed by atoms with Crippen molar-refractivity contribution in [2.24, 2.45) is 0 Å². The molecule has 0 unspecified atom stereocenters. The number of hydrogen-bond acceptors (Lipinski definition) is 3. The standard InChI is InChI=1S/C22H18N4/c1-16-20(17-9-4-2-5-10-17)22(21(23)18-11-8-14-24-15-18)26(25-16)19-12-6-3-7-13-19/h2-15,23H,1H3. The molecule has 2 aromatic heterocycles. The largest absolute Gasteiger partial charge is 0.298 e. The lowest BCUT2D eigenvalue weighted by atomic mass is 9.98. The quantitative estimate of drug-likeness (QED) is 0.550. The number of aromatic nitrogens is 3. The summed E-state index contributed by atoms with van der Waals surface area (Å²) < 4.78 is 1.85. The first-order valence-electron chi connectivity index (χ1n) is 8.45. The second kappa shape index (κ2) is 6.76. The summed E-state index contributed by atoms with van der Waals surface area (Å²) in [6.45, 7) is 1.99. The van der Waals surface area contributed by atoms with E-state index in [9.17, 15) is 0 Å². The molecule has 0 spiro atoms. The van der Waals surface area contributed by atoms with Crippen molar-refractivity contribution in [3.05, 3.63) is 102 Å². The molecule has 26 heavy (non-hydrogen) atoms. The van der Waals surface area contributed by atoms with Crippen LogP contribution in [0.2, 0.25) is 0 Å². The van der Waals surface area contributed by atoms with Crippen molar-refractivity contribution in [1.29, 1.82) is 5.41 Å². The number of hydrogen-bond donors (Lipinski definition) is 1. The molecule has 4 aromatic rings. The van der Waals surface area contributed by atoms with Gasteiger partial charge in [0.15, 0.2) is 0 Å². The van der Waals surface area contributed by atoms with Gasteiger partial charge in [0.05, 0.1) is 17.1 Å². The number of benzene rings is 2. The maximum atomic E-state index is 8.86. The molecule has 4 nitrogen and oxygen atoms in total. The summed E-state index contributed by atoms with van der Waals surface area (Å²) in [5.41, 5.74) is 5.79. The van der Waals surface area contributed by atoms with Crippen molar-refractivity contribution < 1.29 is 0 Å². The highest BCUT2D eigenvalue weighted by Gasteiger charge is 2.22. The van der Waals surface area contributed by atoms with Gasteiger partial charge in [-0.2, -0.15) is 5.10 Å². The third-order valence-electron chi connectivity index (χ3n) is 4.31. The van der Waals surface area contributed by atoms with Crippen LogP contribution < -0.4 is 0 Å². The summed E-state index contributed by atoms with van der Waals surface area (Å²) in [5, 5.41) is 13.6. The highest BCUT2D eigenvalue weighted by molar-refractivity contribution is 6.13. The molecule has 126 valence electrons. The van der Waals surface area contributed by atoms with Crippen molar-refractivity contribution in [2.45, 2.75) is 6.92 Å². The molecule has 4 heteroatoms. The second-order valence-electron chi connectivity index (χ2n) is 6.04. The van der Waals surface area contributed by atoms with Gasteiger partial charge in [0.2, 0.25) is 0 Å². The summed E-state index contributed by atoms with van der Waals surface area (Å²) in [6.07, 6.45) is 3.43. The van der Waals surface area contributed by atoms with Gasteiger partial charge in [-0.05, 0) is 36.8 Å². The summed E-state index contributed by atoms with van der Waals surface area (Å²) in [4.78, 5) is 4.17. The van der Waals surface area contributed by atoms with E-state index < -0.39 is 0 Å². The fourth-order valence-electron chi connectivity index (χ4n) is 3.11. The van der Waals surface area contributed by atoms with E-state index in [4.69, 9.17) is 10.5 Å². The van der Waals surface area contributed by atoms with Crippen LogP contribution in [0.25, 0.3) is 16.8 Å². The van der Waals surface area contributed by atoms with Crippen LogP contribution in [0, 0.1) is 12.3 Å². The molecular formula is C22H18N4. The van der Waals surface area contributed by atoms with E-state index in [-0.39, 0.29) is 0 Å². The average molecular weight is 338 g/mol. The maximum Gasteiger partial charge on any atom is 0.101 e. The van der Waals surface area contributed by atoms with Crippen molar-refractivity contribution in [2.75, 3.05) is 0 Å². The van der Waals surface area contributed by atoms with Gasteiger partial charge in [-0.15, -0.1) is 0 Å². The molecule has 4 rings (SSSR count). The minimum absolute atomic E-state index is 0.404. The molecule has 0 bridgehead atoms. The van der Waals surface area contributed by atoms with Gasteiger partial charge in [-0.3, -0.25) is 10.4 Å². The van der Waals surface area contributed by atoms with Gasteiger partial charge in [0.25, 0.3) is 0 Å². The Labute approximate surface area is 152 Å². The van der Waals surface area contributed by atoms with Crippen LogP contribution >= 0.6 is 0 Å². The zero-order valence-electron chi connectivity index (χ0n) is 14.4. The molecule has 1 N–H and O–H groups in total. The number of rotatable bonds is 4. The topological polar surface area (TPSA) is 54.6 Å². The normalized spacial score (nSPS) is 10.7. The molecule has 2 heterocycles. The second-order valence-corrected chi connectivity index (χ2v) is 6.04. The van der Waals surface area contributed by atoms with Crippen molar-refractivity contribution >= 4 is 5.71 Å². The van der Waals surface area contributed by atoms with Gasteiger partial charge in [0, 0.05) is 23.5 Å². The van der Waals surface area contributed by atoms with Crippen molar-refractivity contribution in [1.82, 2.24) is 14.8 Å². The lowest BCUT2D eigenvalue weighted by molar-refractivity contribution is 0.854. The van der Waals surface area contributed by atoms with E-state index >= 15 is 0 Å². The van der Waals surface area contributed by atoms with Gasteiger partial charge >= 0.3 is 0 Å². The predicted octanol–water partition coefficient (Wildman–Crippen LogP) is 4.66. The van der Waals surface area contributed by atoms with E-state index in [0.29, 0.717) is 5.71 Å². The van der Waals surface area contributed by atoms with Gasteiger partial charge in [0.1, 0.15) is 5.69 Å². The average Bonchev–Trinajstić information content (AvgIpc) is 3.06. The van der Waals surface area contributed by atoms with E-state index in [1.165, 1.54) is 0 Å². The van der Waals surface area contributed by atoms with Crippen LogP contribution in [0.3, 0.4) is 0 Å². The number of nitrogens with one attached hydrogen (secondary N) is 1. The zero-order valence-corrected chi connectivity index (χ0v) is 14.4. The summed E-state index contributed by atoms with van der Waals surface area (Å²) in [5.74, 6) is 0. The number of nitrogens with zero attached hydrogens (tertiary/aromatic N) is 3. The van der Waals surface area contributed by atoms with E-state index in [0.717, 1.165) is 33.8 Å². The Bertz CT molecular complexity index is 1040. The SMILES string of the molecule is Cc1nn(-c2ccccc2)c(C(=N)c2cccnc2)c1-c1ccccc1. The van der Waals surface area contributed by atoms with Crippen LogP contribution in [0.15, 0.2) is 85.2 Å². The Hall–Kier alpha value is -3.53. The number of pyridine rings is 1. The Kier molecular flexibility index (Phi) is 4.15. The lowest BCUT2D eigenvalue weighted by Crippen LogP contribution is -2.11. The summed E-state index contributed by atoms with van der Waals surface area (Å²) in [6, 6.07) is 23.8. The summed E-state index contributed by atoms with van der Waals surface area (Å²) >= 11 is 0. The van der Waals surface area contributed by atoms with Crippen LogP contribution in [0.4, 0.5) is 0 Å². The van der Waals surface area contributed by atoms with Gasteiger partial charge < -0.3 is 0 Å².